The number of hydrogen-bond donors (Lipinski definition) is 0. The fraction of sp³-hybridized carbons (Fsp3) is 1.00. The Labute approximate surface area is 59.2 Å². The molecule has 0 heterocycles. The Hall–Kier alpha value is 0.367. The molecule has 3 nitrogen and oxygen atoms in total. The summed E-state index contributed by atoms with van der Waals surface area (Å²) in [6.45, 7) is 0. The first kappa shape index (κ1) is 11.2. The standard InChI is InChI=1S/CH3F2NO2S.Li.H/c1-7(5,6)4(2)3;;/h1H3;;/q;+1;-1. The Kier molecular flexibility index (Phi) is 4.77. The van der Waals surface area contributed by atoms with Gasteiger partial charge in [0.2, 0.25) is 0 Å². The molecule has 0 aromatic carbocycles. The van der Waals surface area contributed by atoms with Gasteiger partial charge in [-0.05, 0) is 0 Å². The van der Waals surface area contributed by atoms with E-state index in [1.165, 1.54) is 0 Å². The monoisotopic (exact) mass is 139 g/mol. The van der Waals surface area contributed by atoms with E-state index in [-0.39, 0.29) is 20.3 Å². The molecule has 0 aliphatic heterocycles. The van der Waals surface area contributed by atoms with E-state index in [4.69, 9.17) is 0 Å². The van der Waals surface area contributed by atoms with Crippen LogP contribution in [0, 0.1) is 0 Å². The maximum Gasteiger partial charge on any atom is 1.00 e. The van der Waals surface area contributed by atoms with E-state index in [1.807, 2.05) is 0 Å². The average Bonchev–Trinajstić information content (AvgIpc) is 1.31. The van der Waals surface area contributed by atoms with Crippen molar-refractivity contribution in [2.75, 3.05) is 6.26 Å². The summed E-state index contributed by atoms with van der Waals surface area (Å²) in [5.74, 6) is 0. The van der Waals surface area contributed by atoms with E-state index in [0.717, 1.165) is 0 Å². The van der Waals surface area contributed by atoms with Gasteiger partial charge in [-0.15, -0.1) is 0 Å². The summed E-state index contributed by atoms with van der Waals surface area (Å²) in [7, 11) is -4.24. The van der Waals surface area contributed by atoms with Gasteiger partial charge in [0.25, 0.3) is 10.0 Å². The van der Waals surface area contributed by atoms with E-state index in [1.54, 1.807) is 0 Å². The Morgan fingerprint density at radius 3 is 1.62 bits per heavy atom. The van der Waals surface area contributed by atoms with Crippen molar-refractivity contribution in [3.8, 4) is 0 Å². The molecule has 0 saturated heterocycles. The molecule has 0 radical (unpaired) electrons. The van der Waals surface area contributed by atoms with Crippen LogP contribution in [0.1, 0.15) is 1.43 Å². The summed E-state index contributed by atoms with van der Waals surface area (Å²) in [4.78, 5) is 0. The Bertz CT molecular complexity index is 147. The van der Waals surface area contributed by atoms with E-state index in [0.29, 0.717) is 6.26 Å². The van der Waals surface area contributed by atoms with Gasteiger partial charge in [0.05, 0.1) is 6.26 Å². The van der Waals surface area contributed by atoms with E-state index in [9.17, 15) is 17.4 Å². The quantitative estimate of drug-likeness (QED) is 0.289. The third-order valence-electron chi connectivity index (χ3n) is 0.251. The van der Waals surface area contributed by atoms with Gasteiger partial charge in [-0.3, -0.25) is 0 Å². The van der Waals surface area contributed by atoms with Crippen molar-refractivity contribution in [2.24, 2.45) is 0 Å². The largest absolute Gasteiger partial charge is 1.00 e. The Morgan fingerprint density at radius 1 is 1.50 bits per heavy atom. The molecule has 0 N–H and O–H groups in total. The van der Waals surface area contributed by atoms with Gasteiger partial charge in [0, 0.05) is 0 Å². The van der Waals surface area contributed by atoms with Crippen LogP contribution in [0.4, 0.5) is 8.96 Å². The molecular weight excluding hydrogens is 135 g/mol. The van der Waals surface area contributed by atoms with Crippen LogP contribution in [0.3, 0.4) is 0 Å². The minimum atomic E-state index is -4.24. The van der Waals surface area contributed by atoms with Gasteiger partial charge in [-0.25, -0.2) is 8.42 Å². The van der Waals surface area contributed by atoms with Gasteiger partial charge in [-0.2, -0.15) is 0 Å². The number of sulfonamides is 1. The predicted octanol–water partition coefficient (Wildman–Crippen LogP) is -2.87. The minimum absolute atomic E-state index is 0. The van der Waals surface area contributed by atoms with Crippen molar-refractivity contribution in [1.82, 2.24) is 4.75 Å². The zero-order valence-corrected chi connectivity index (χ0v) is 5.24. The van der Waals surface area contributed by atoms with E-state index < -0.39 is 14.8 Å². The van der Waals surface area contributed by atoms with Crippen LogP contribution in [-0.2, 0) is 10.0 Å². The first-order chi connectivity index (χ1) is 2.94. The second-order valence-electron chi connectivity index (χ2n) is 0.935. The zero-order chi connectivity index (χ0) is 6.08. The van der Waals surface area contributed by atoms with Crippen LogP contribution in [0.5, 0.6) is 0 Å². The van der Waals surface area contributed by atoms with Crippen molar-refractivity contribution in [3.05, 3.63) is 0 Å². The molecule has 46 valence electrons. The molecule has 8 heavy (non-hydrogen) atoms. The van der Waals surface area contributed by atoms with Crippen LogP contribution in [-0.4, -0.2) is 19.4 Å². The summed E-state index contributed by atoms with van der Waals surface area (Å²) in [5.41, 5.74) is 0. The van der Waals surface area contributed by atoms with Crippen molar-refractivity contribution < 1.29 is 37.7 Å². The maximum atomic E-state index is 10.8. The first-order valence-electron chi connectivity index (χ1n) is 1.26. The molecular formula is CH4F2LiNO2S. The predicted molar refractivity (Wildman–Crippen MR) is 20.0 cm³/mol. The summed E-state index contributed by atoms with van der Waals surface area (Å²) in [6.07, 6.45) is 0.410. The molecule has 0 aliphatic carbocycles. The summed E-state index contributed by atoms with van der Waals surface area (Å²) >= 11 is 0. The molecule has 0 aromatic rings. The zero-order valence-electron chi connectivity index (χ0n) is 5.43. The van der Waals surface area contributed by atoms with Crippen molar-refractivity contribution in [3.63, 3.8) is 0 Å². The molecule has 0 fully saturated rings. The fourth-order valence-electron chi connectivity index (χ4n) is 0. The fourth-order valence-corrected chi connectivity index (χ4v) is 0. The third kappa shape index (κ3) is 4.52. The van der Waals surface area contributed by atoms with Crippen LogP contribution < -0.4 is 18.9 Å². The second-order valence-corrected chi connectivity index (χ2v) is 2.68. The summed E-state index contributed by atoms with van der Waals surface area (Å²) < 4.78 is 38.7. The van der Waals surface area contributed by atoms with Crippen LogP contribution in [0.2, 0.25) is 0 Å². The van der Waals surface area contributed by atoms with Crippen molar-refractivity contribution >= 4 is 10.0 Å². The second kappa shape index (κ2) is 3.40. The molecule has 0 spiro atoms. The summed E-state index contributed by atoms with van der Waals surface area (Å²) in [5, 5.41) is 0. The van der Waals surface area contributed by atoms with Crippen LogP contribution in [0.25, 0.3) is 0 Å². The molecule has 0 amide bonds. The Balaban J connectivity index is -0.000000180. The molecule has 0 aromatic heterocycles. The summed E-state index contributed by atoms with van der Waals surface area (Å²) in [6, 6.07) is 0. The first-order valence-corrected chi connectivity index (χ1v) is 3.11. The topological polar surface area (TPSA) is 37.4 Å². The van der Waals surface area contributed by atoms with Gasteiger partial charge in [0.15, 0.2) is 0 Å². The van der Waals surface area contributed by atoms with E-state index >= 15 is 0 Å². The molecule has 0 rings (SSSR count). The van der Waals surface area contributed by atoms with Crippen molar-refractivity contribution in [1.29, 1.82) is 0 Å². The van der Waals surface area contributed by atoms with E-state index in [2.05, 4.69) is 0 Å². The normalized spacial score (nSPS) is 11.0. The van der Waals surface area contributed by atoms with Gasteiger partial charge >= 0.3 is 18.9 Å². The maximum absolute atomic E-state index is 10.8. The SMILES string of the molecule is CS(=O)(=O)N(F)F.[H-].[Li+]. The van der Waals surface area contributed by atoms with Crippen molar-refractivity contribution in [2.45, 2.75) is 0 Å². The van der Waals surface area contributed by atoms with Crippen LogP contribution in [0.15, 0.2) is 0 Å². The smallest absolute Gasteiger partial charge is 1.00 e. The molecule has 0 saturated carbocycles. The number of rotatable bonds is 1. The Morgan fingerprint density at radius 2 is 1.62 bits per heavy atom. The molecule has 0 bridgehead atoms. The van der Waals surface area contributed by atoms with Gasteiger partial charge in [0.1, 0.15) is 4.75 Å². The molecule has 0 aliphatic rings. The van der Waals surface area contributed by atoms with Gasteiger partial charge < -0.3 is 1.43 Å². The average molecular weight is 139 g/mol. The molecule has 7 heteroatoms. The van der Waals surface area contributed by atoms with Crippen LogP contribution >= 0.6 is 0 Å². The number of hydrogen-bond acceptors (Lipinski definition) is 2. The third-order valence-corrected chi connectivity index (χ3v) is 0.752. The van der Waals surface area contributed by atoms with Gasteiger partial charge in [-0.1, -0.05) is 8.96 Å². The molecule has 0 unspecified atom stereocenters. The number of nitrogens with zero attached hydrogens (tertiary/aromatic N) is 1. The minimum Gasteiger partial charge on any atom is -1.00 e. The molecule has 0 atom stereocenters. The number of halogens is 2.